The Hall–Kier alpha value is -1.02. The van der Waals surface area contributed by atoms with Crippen molar-refractivity contribution in [1.82, 2.24) is 5.32 Å². The normalized spacial score (nSPS) is 25.6. The summed E-state index contributed by atoms with van der Waals surface area (Å²) in [6, 6.07) is 9.50. The highest BCUT2D eigenvalue weighted by Gasteiger charge is 2.42. The number of rotatable bonds is 2. The quantitative estimate of drug-likeness (QED) is 0.882. The smallest absolute Gasteiger partial charge is 0.0438 e. The summed E-state index contributed by atoms with van der Waals surface area (Å²) < 4.78 is 0. The molecule has 0 aromatic heterocycles. The Morgan fingerprint density at radius 1 is 1.20 bits per heavy atom. The first kappa shape index (κ1) is 13.9. The van der Waals surface area contributed by atoms with Gasteiger partial charge in [0.15, 0.2) is 0 Å². The number of nitrogens with zero attached hydrogens (tertiary/aromatic N) is 1. The molecular formula is C18H28N2. The van der Waals surface area contributed by atoms with Gasteiger partial charge in [-0.1, -0.05) is 44.9 Å². The van der Waals surface area contributed by atoms with E-state index in [1.54, 1.807) is 0 Å². The van der Waals surface area contributed by atoms with E-state index in [9.17, 15) is 0 Å². The Balaban J connectivity index is 1.92. The number of nitrogens with one attached hydrogen (secondary N) is 1. The first-order valence-electron chi connectivity index (χ1n) is 8.19. The molecule has 1 aromatic carbocycles. The highest BCUT2D eigenvalue weighted by Crippen LogP contribution is 2.37. The van der Waals surface area contributed by atoms with Crippen molar-refractivity contribution in [2.45, 2.75) is 58.0 Å². The van der Waals surface area contributed by atoms with Crippen LogP contribution < -0.4 is 10.2 Å². The van der Waals surface area contributed by atoms with Gasteiger partial charge in [-0.15, -0.1) is 0 Å². The van der Waals surface area contributed by atoms with E-state index in [4.69, 9.17) is 0 Å². The van der Waals surface area contributed by atoms with Crippen molar-refractivity contribution in [3.05, 3.63) is 29.8 Å². The molecule has 1 aromatic rings. The second kappa shape index (κ2) is 5.40. The lowest BCUT2D eigenvalue weighted by molar-refractivity contribution is 0.245. The van der Waals surface area contributed by atoms with Gasteiger partial charge < -0.3 is 10.2 Å². The van der Waals surface area contributed by atoms with Gasteiger partial charge in [0, 0.05) is 30.4 Å². The van der Waals surface area contributed by atoms with Crippen LogP contribution in [0.15, 0.2) is 24.3 Å². The molecule has 20 heavy (non-hydrogen) atoms. The molecule has 1 aliphatic heterocycles. The number of hydrogen-bond acceptors (Lipinski definition) is 2. The number of para-hydroxylation sites is 1. The summed E-state index contributed by atoms with van der Waals surface area (Å²) in [7, 11) is 0. The highest BCUT2D eigenvalue weighted by atomic mass is 15.3. The molecule has 110 valence electrons. The van der Waals surface area contributed by atoms with E-state index in [0.29, 0.717) is 17.5 Å². The number of piperazine rings is 1. The minimum absolute atomic E-state index is 0.383. The standard InChI is InChI=1S/C18H28N2/c1-14(2)17-12-19-18(10-6-7-11-18)13-20(17)16-9-5-4-8-15(16)3/h4-5,8-9,14,17,19H,6-7,10-13H2,1-3H3. The van der Waals surface area contributed by atoms with E-state index < -0.39 is 0 Å². The largest absolute Gasteiger partial charge is 0.365 e. The summed E-state index contributed by atoms with van der Waals surface area (Å²) in [5, 5.41) is 3.90. The first-order chi connectivity index (χ1) is 9.61. The molecule has 0 bridgehead atoms. The van der Waals surface area contributed by atoms with E-state index in [2.05, 4.69) is 55.3 Å². The summed E-state index contributed by atoms with van der Waals surface area (Å²) in [5.74, 6) is 0.681. The molecule has 0 amide bonds. The predicted molar refractivity (Wildman–Crippen MR) is 86.4 cm³/mol. The fourth-order valence-electron chi connectivity index (χ4n) is 4.06. The van der Waals surface area contributed by atoms with E-state index in [1.165, 1.54) is 43.5 Å². The lowest BCUT2D eigenvalue weighted by Gasteiger charge is -2.49. The Labute approximate surface area is 123 Å². The van der Waals surface area contributed by atoms with Crippen LogP contribution in [0.4, 0.5) is 5.69 Å². The third-order valence-corrected chi connectivity index (χ3v) is 5.31. The fraction of sp³-hybridized carbons (Fsp3) is 0.667. The summed E-state index contributed by atoms with van der Waals surface area (Å²) >= 11 is 0. The minimum Gasteiger partial charge on any atom is -0.365 e. The molecule has 1 atom stereocenters. The highest BCUT2D eigenvalue weighted by molar-refractivity contribution is 5.55. The van der Waals surface area contributed by atoms with Crippen molar-refractivity contribution in [2.75, 3.05) is 18.0 Å². The summed E-state index contributed by atoms with van der Waals surface area (Å²) in [6.07, 6.45) is 5.47. The maximum Gasteiger partial charge on any atom is 0.0438 e. The second-order valence-electron chi connectivity index (χ2n) is 7.09. The van der Waals surface area contributed by atoms with Crippen LogP contribution in [0, 0.1) is 12.8 Å². The Bertz CT molecular complexity index is 460. The Morgan fingerprint density at radius 2 is 1.90 bits per heavy atom. The SMILES string of the molecule is Cc1ccccc1N1CC2(CCCC2)NCC1C(C)C. The molecule has 1 spiro atoms. The number of aryl methyl sites for hydroxylation is 1. The van der Waals surface area contributed by atoms with Crippen LogP contribution in [0.5, 0.6) is 0 Å². The van der Waals surface area contributed by atoms with Crippen molar-refractivity contribution in [3.63, 3.8) is 0 Å². The van der Waals surface area contributed by atoms with Crippen molar-refractivity contribution in [1.29, 1.82) is 0 Å². The monoisotopic (exact) mass is 272 g/mol. The molecule has 1 aliphatic carbocycles. The van der Waals surface area contributed by atoms with Crippen LogP contribution in [0.3, 0.4) is 0 Å². The van der Waals surface area contributed by atoms with Crippen LogP contribution in [0.2, 0.25) is 0 Å². The van der Waals surface area contributed by atoms with Gasteiger partial charge in [0.1, 0.15) is 0 Å². The molecule has 2 fully saturated rings. The van der Waals surface area contributed by atoms with Gasteiger partial charge in [0.05, 0.1) is 0 Å². The van der Waals surface area contributed by atoms with Crippen LogP contribution in [0.1, 0.15) is 45.1 Å². The molecule has 2 nitrogen and oxygen atoms in total. The number of anilines is 1. The van der Waals surface area contributed by atoms with Crippen molar-refractivity contribution >= 4 is 5.69 Å². The molecular weight excluding hydrogens is 244 g/mol. The third kappa shape index (κ3) is 2.46. The van der Waals surface area contributed by atoms with Crippen molar-refractivity contribution < 1.29 is 0 Å². The minimum atomic E-state index is 0.383. The van der Waals surface area contributed by atoms with Gasteiger partial charge in [-0.3, -0.25) is 0 Å². The average Bonchev–Trinajstić information content (AvgIpc) is 2.87. The van der Waals surface area contributed by atoms with Gasteiger partial charge in [0.25, 0.3) is 0 Å². The summed E-state index contributed by atoms with van der Waals surface area (Å²) in [4.78, 5) is 2.70. The Morgan fingerprint density at radius 3 is 2.55 bits per heavy atom. The number of hydrogen-bond donors (Lipinski definition) is 1. The van der Waals surface area contributed by atoms with Crippen LogP contribution in [-0.4, -0.2) is 24.7 Å². The van der Waals surface area contributed by atoms with Gasteiger partial charge in [0.2, 0.25) is 0 Å². The number of benzene rings is 1. The molecule has 1 saturated carbocycles. The van der Waals surface area contributed by atoms with Gasteiger partial charge in [-0.25, -0.2) is 0 Å². The molecule has 3 rings (SSSR count). The summed E-state index contributed by atoms with van der Waals surface area (Å²) in [5.41, 5.74) is 3.24. The van der Waals surface area contributed by atoms with E-state index in [1.807, 2.05) is 0 Å². The summed E-state index contributed by atoms with van der Waals surface area (Å²) in [6.45, 7) is 9.26. The molecule has 1 N–H and O–H groups in total. The van der Waals surface area contributed by atoms with Crippen molar-refractivity contribution in [2.24, 2.45) is 5.92 Å². The van der Waals surface area contributed by atoms with Crippen LogP contribution in [0.25, 0.3) is 0 Å². The van der Waals surface area contributed by atoms with Crippen molar-refractivity contribution in [3.8, 4) is 0 Å². The van der Waals surface area contributed by atoms with E-state index in [0.717, 1.165) is 6.54 Å². The zero-order valence-corrected chi connectivity index (χ0v) is 13.2. The Kier molecular flexibility index (Phi) is 3.76. The predicted octanol–water partition coefficient (Wildman–Crippen LogP) is 3.74. The molecule has 1 unspecified atom stereocenters. The van der Waals surface area contributed by atoms with Gasteiger partial charge >= 0.3 is 0 Å². The maximum absolute atomic E-state index is 3.90. The molecule has 1 heterocycles. The lowest BCUT2D eigenvalue weighted by Crippen LogP contribution is -2.64. The van der Waals surface area contributed by atoms with Crippen LogP contribution >= 0.6 is 0 Å². The average molecular weight is 272 g/mol. The molecule has 2 aliphatic rings. The van der Waals surface area contributed by atoms with E-state index in [-0.39, 0.29) is 0 Å². The van der Waals surface area contributed by atoms with Gasteiger partial charge in [-0.05, 0) is 37.3 Å². The van der Waals surface area contributed by atoms with E-state index >= 15 is 0 Å². The zero-order valence-electron chi connectivity index (χ0n) is 13.2. The zero-order chi connectivity index (χ0) is 14.2. The lowest BCUT2D eigenvalue weighted by atomic mass is 9.88. The second-order valence-corrected chi connectivity index (χ2v) is 7.09. The maximum atomic E-state index is 3.90. The molecule has 0 radical (unpaired) electrons. The molecule has 1 saturated heterocycles. The topological polar surface area (TPSA) is 15.3 Å². The first-order valence-corrected chi connectivity index (χ1v) is 8.19. The van der Waals surface area contributed by atoms with Crippen LogP contribution in [-0.2, 0) is 0 Å². The fourth-order valence-corrected chi connectivity index (χ4v) is 4.06. The third-order valence-electron chi connectivity index (χ3n) is 5.31. The molecule has 2 heteroatoms. The van der Waals surface area contributed by atoms with Gasteiger partial charge in [-0.2, -0.15) is 0 Å².